The molecule has 0 aliphatic heterocycles. The van der Waals surface area contributed by atoms with Crippen molar-refractivity contribution in [1.82, 2.24) is 0 Å². The standard InChI is InChI=1S/C7H4F3NOS/c8-7(9,10)5-3-1-2-4-6(5)11-13-12/h1-4H. The van der Waals surface area contributed by atoms with Gasteiger partial charge in [0.05, 0.1) is 11.3 Å². The third kappa shape index (κ3) is 2.38. The van der Waals surface area contributed by atoms with Crippen molar-refractivity contribution >= 4 is 17.2 Å². The minimum absolute atomic E-state index is 0.240. The van der Waals surface area contributed by atoms with Crippen LogP contribution in [-0.4, -0.2) is 4.21 Å². The summed E-state index contributed by atoms with van der Waals surface area (Å²) in [6.45, 7) is 0. The summed E-state index contributed by atoms with van der Waals surface area (Å²) in [6.07, 6.45) is -4.46. The molecule has 0 aliphatic rings. The molecule has 0 atom stereocenters. The summed E-state index contributed by atoms with van der Waals surface area (Å²) in [5.74, 6) is 0. The van der Waals surface area contributed by atoms with Gasteiger partial charge in [-0.3, -0.25) is 0 Å². The highest BCUT2D eigenvalue weighted by atomic mass is 32.1. The number of benzene rings is 1. The second kappa shape index (κ2) is 3.69. The van der Waals surface area contributed by atoms with E-state index < -0.39 is 11.7 Å². The van der Waals surface area contributed by atoms with Gasteiger partial charge in [0.25, 0.3) is 0 Å². The largest absolute Gasteiger partial charge is 0.418 e. The summed E-state index contributed by atoms with van der Waals surface area (Å²) < 4.78 is 49.7. The van der Waals surface area contributed by atoms with E-state index in [0.717, 1.165) is 12.1 Å². The highest BCUT2D eigenvalue weighted by Crippen LogP contribution is 2.35. The number of hydrogen-bond acceptors (Lipinski definition) is 2. The summed E-state index contributed by atoms with van der Waals surface area (Å²) in [4.78, 5) is 0. The summed E-state index contributed by atoms with van der Waals surface area (Å²) in [5.41, 5.74) is -1.23. The van der Waals surface area contributed by atoms with E-state index in [4.69, 9.17) is 0 Å². The minimum atomic E-state index is -4.46. The van der Waals surface area contributed by atoms with Gasteiger partial charge in [0, 0.05) is 0 Å². The molecule has 0 spiro atoms. The molecule has 0 saturated heterocycles. The first-order valence-corrected chi connectivity index (χ1v) is 3.92. The van der Waals surface area contributed by atoms with Gasteiger partial charge in [-0.1, -0.05) is 12.1 Å². The highest BCUT2D eigenvalue weighted by Gasteiger charge is 2.33. The van der Waals surface area contributed by atoms with Crippen molar-refractivity contribution in [2.45, 2.75) is 6.18 Å². The molecule has 0 bridgehead atoms. The van der Waals surface area contributed by atoms with Crippen LogP contribution in [0.4, 0.5) is 18.9 Å². The molecule has 0 N–H and O–H groups in total. The average molecular weight is 207 g/mol. The van der Waals surface area contributed by atoms with E-state index in [-0.39, 0.29) is 17.2 Å². The Morgan fingerprint density at radius 2 is 1.85 bits per heavy atom. The maximum atomic E-state index is 12.2. The number of halogens is 3. The van der Waals surface area contributed by atoms with Gasteiger partial charge in [-0.25, -0.2) is 0 Å². The first-order valence-electron chi connectivity index (χ1n) is 3.22. The first-order chi connectivity index (χ1) is 6.05. The second-order valence-corrected chi connectivity index (χ2v) is 2.51. The van der Waals surface area contributed by atoms with Crippen LogP contribution >= 0.6 is 0 Å². The lowest BCUT2D eigenvalue weighted by atomic mass is 10.2. The van der Waals surface area contributed by atoms with Gasteiger partial charge in [0.2, 0.25) is 11.5 Å². The predicted molar refractivity (Wildman–Crippen MR) is 41.7 cm³/mol. The van der Waals surface area contributed by atoms with Crippen molar-refractivity contribution in [3.8, 4) is 0 Å². The number of rotatable bonds is 1. The van der Waals surface area contributed by atoms with E-state index in [1.165, 1.54) is 12.1 Å². The molecule has 2 nitrogen and oxygen atoms in total. The quantitative estimate of drug-likeness (QED) is 0.696. The van der Waals surface area contributed by atoms with Gasteiger partial charge in [0.1, 0.15) is 0 Å². The molecule has 0 saturated carbocycles. The van der Waals surface area contributed by atoms with E-state index in [1.807, 2.05) is 0 Å². The van der Waals surface area contributed by atoms with Gasteiger partial charge in [-0.05, 0) is 12.1 Å². The van der Waals surface area contributed by atoms with Crippen molar-refractivity contribution in [1.29, 1.82) is 0 Å². The summed E-state index contributed by atoms with van der Waals surface area (Å²) in [7, 11) is 0. The molecule has 0 radical (unpaired) electrons. The molecule has 0 heterocycles. The molecule has 0 aromatic heterocycles. The first kappa shape index (κ1) is 9.91. The third-order valence-corrected chi connectivity index (χ3v) is 1.62. The fourth-order valence-electron chi connectivity index (χ4n) is 0.833. The van der Waals surface area contributed by atoms with Crippen LogP contribution < -0.4 is 0 Å². The van der Waals surface area contributed by atoms with Crippen LogP contribution in [0.3, 0.4) is 0 Å². The summed E-state index contributed by atoms with van der Waals surface area (Å²) >= 11 is -0.240. The van der Waals surface area contributed by atoms with E-state index in [0.29, 0.717) is 0 Å². The number of alkyl halides is 3. The van der Waals surface area contributed by atoms with Gasteiger partial charge in [-0.2, -0.15) is 21.7 Å². The van der Waals surface area contributed by atoms with Crippen molar-refractivity contribution in [2.24, 2.45) is 4.36 Å². The molecule has 70 valence electrons. The zero-order valence-electron chi connectivity index (χ0n) is 6.21. The molecular formula is C7H4F3NOS. The SMILES string of the molecule is O=S=Nc1ccccc1C(F)(F)F. The molecule has 1 rings (SSSR count). The van der Waals surface area contributed by atoms with Crippen LogP contribution in [0.25, 0.3) is 0 Å². The summed E-state index contributed by atoms with van der Waals surface area (Å²) in [5, 5.41) is 0. The Bertz CT molecular complexity index is 357. The molecule has 0 aliphatic carbocycles. The topological polar surface area (TPSA) is 29.4 Å². The molecule has 0 unspecified atom stereocenters. The van der Waals surface area contributed by atoms with Crippen LogP contribution in [0.15, 0.2) is 28.6 Å². The van der Waals surface area contributed by atoms with Crippen LogP contribution in [0, 0.1) is 0 Å². The fourth-order valence-corrected chi connectivity index (χ4v) is 1.07. The lowest BCUT2D eigenvalue weighted by molar-refractivity contribution is -0.137. The Morgan fingerprint density at radius 3 is 2.38 bits per heavy atom. The van der Waals surface area contributed by atoms with E-state index >= 15 is 0 Å². The van der Waals surface area contributed by atoms with Crippen LogP contribution in [0.5, 0.6) is 0 Å². The Hall–Kier alpha value is -1.17. The lowest BCUT2D eigenvalue weighted by Gasteiger charge is -2.07. The van der Waals surface area contributed by atoms with E-state index in [2.05, 4.69) is 4.36 Å². The van der Waals surface area contributed by atoms with Crippen molar-refractivity contribution in [3.63, 3.8) is 0 Å². The zero-order chi connectivity index (χ0) is 9.90. The Morgan fingerprint density at radius 1 is 1.23 bits per heavy atom. The second-order valence-electron chi connectivity index (χ2n) is 2.18. The smallest absolute Gasteiger partial charge is 0.191 e. The average Bonchev–Trinajstić information content (AvgIpc) is 2.04. The lowest BCUT2D eigenvalue weighted by Crippen LogP contribution is -2.04. The van der Waals surface area contributed by atoms with Crippen LogP contribution in [-0.2, 0) is 17.6 Å². The molecule has 1 aromatic carbocycles. The van der Waals surface area contributed by atoms with Crippen molar-refractivity contribution in [2.75, 3.05) is 0 Å². The predicted octanol–water partition coefficient (Wildman–Crippen LogP) is 2.73. The Balaban J connectivity index is 3.27. The van der Waals surface area contributed by atoms with Crippen LogP contribution in [0.2, 0.25) is 0 Å². The molecule has 0 fully saturated rings. The van der Waals surface area contributed by atoms with Gasteiger partial charge < -0.3 is 0 Å². The third-order valence-electron chi connectivity index (χ3n) is 1.35. The van der Waals surface area contributed by atoms with Gasteiger partial charge in [0.15, 0.2) is 0 Å². The van der Waals surface area contributed by atoms with Gasteiger partial charge in [-0.15, -0.1) is 0 Å². The fraction of sp³-hybridized carbons (Fsp3) is 0.143. The Kier molecular flexibility index (Phi) is 2.82. The zero-order valence-corrected chi connectivity index (χ0v) is 7.02. The van der Waals surface area contributed by atoms with E-state index in [9.17, 15) is 17.4 Å². The van der Waals surface area contributed by atoms with Crippen molar-refractivity contribution in [3.05, 3.63) is 29.8 Å². The maximum Gasteiger partial charge on any atom is 0.418 e. The number of nitrogens with zero attached hydrogens (tertiary/aromatic N) is 1. The minimum Gasteiger partial charge on any atom is -0.191 e. The normalized spacial score (nSPS) is 11.0. The molecule has 1 aromatic rings. The van der Waals surface area contributed by atoms with Crippen LogP contribution in [0.1, 0.15) is 5.56 Å². The molecule has 13 heavy (non-hydrogen) atoms. The summed E-state index contributed by atoms with van der Waals surface area (Å²) in [6, 6.07) is 4.67. The highest BCUT2D eigenvalue weighted by molar-refractivity contribution is 7.54. The molecular weight excluding hydrogens is 203 g/mol. The molecule has 6 heteroatoms. The molecule has 0 amide bonds. The number of hydrogen-bond donors (Lipinski definition) is 0. The van der Waals surface area contributed by atoms with E-state index in [1.54, 1.807) is 0 Å². The van der Waals surface area contributed by atoms with Crippen molar-refractivity contribution < 1.29 is 17.4 Å². The maximum absolute atomic E-state index is 12.2. The van der Waals surface area contributed by atoms with Gasteiger partial charge >= 0.3 is 6.18 Å². The monoisotopic (exact) mass is 207 g/mol. The Labute approximate surface area is 75.6 Å².